The van der Waals surface area contributed by atoms with Gasteiger partial charge in [-0.05, 0) is 30.9 Å². The molecule has 14 heavy (non-hydrogen) atoms. The van der Waals surface area contributed by atoms with Crippen molar-refractivity contribution in [2.45, 2.75) is 37.5 Å². The van der Waals surface area contributed by atoms with Crippen molar-refractivity contribution in [1.29, 1.82) is 0 Å². The summed E-state index contributed by atoms with van der Waals surface area (Å²) in [5.41, 5.74) is 1.35. The van der Waals surface area contributed by atoms with Crippen LogP contribution in [0.3, 0.4) is 0 Å². The van der Waals surface area contributed by atoms with E-state index in [4.69, 9.17) is 0 Å². The molecule has 2 heteroatoms. The molecule has 0 atom stereocenters. The Morgan fingerprint density at radius 2 is 1.64 bits per heavy atom. The lowest BCUT2D eigenvalue weighted by molar-refractivity contribution is 1.34. The van der Waals surface area contributed by atoms with E-state index in [1.807, 2.05) is 11.8 Å². The zero-order valence-electron chi connectivity index (χ0n) is 9.63. The van der Waals surface area contributed by atoms with Gasteiger partial charge in [0, 0.05) is 13.0 Å². The van der Waals surface area contributed by atoms with Gasteiger partial charge in [0.15, 0.2) is 0 Å². The molecule has 0 N–H and O–H groups in total. The Bertz CT molecular complexity index is 271. The quantitative estimate of drug-likeness (QED) is 0.539. The molecule has 1 aromatic rings. The van der Waals surface area contributed by atoms with Crippen LogP contribution in [0.15, 0.2) is 29.2 Å². The lowest BCUT2D eigenvalue weighted by atomic mass is 10.2. The van der Waals surface area contributed by atoms with Crippen molar-refractivity contribution in [2.75, 3.05) is 5.75 Å². The van der Waals surface area contributed by atoms with Crippen LogP contribution < -0.4 is 0 Å². The number of aryl methyl sites for hydroxylation is 1. The molecule has 1 aromatic carbocycles. The number of hydrogen-bond acceptors (Lipinski definition) is 1. The first-order chi connectivity index (χ1) is 6.47. The van der Waals surface area contributed by atoms with Crippen LogP contribution in [-0.2, 0) is 0 Å². The average molecular weight is 224 g/mol. The smallest absolute Gasteiger partial charge is 0.0450 e. The molecule has 0 unspecified atom stereocenters. The van der Waals surface area contributed by atoms with Gasteiger partial charge in [-0.15, -0.1) is 11.8 Å². The number of rotatable bonds is 4. The van der Waals surface area contributed by atoms with E-state index in [1.54, 1.807) is 0 Å². The SMILES string of the molecule is Cc1ccc(SCC[Si](C)(C)C)cc1. The van der Waals surface area contributed by atoms with Crippen LogP contribution >= 0.6 is 11.8 Å². The normalized spacial score (nSPS) is 11.7. The van der Waals surface area contributed by atoms with Crippen molar-refractivity contribution in [1.82, 2.24) is 0 Å². The van der Waals surface area contributed by atoms with Crippen molar-refractivity contribution in [2.24, 2.45) is 0 Å². The van der Waals surface area contributed by atoms with Crippen LogP contribution in [0.4, 0.5) is 0 Å². The van der Waals surface area contributed by atoms with Gasteiger partial charge in [-0.1, -0.05) is 37.3 Å². The molecular formula is C12H20SSi. The van der Waals surface area contributed by atoms with E-state index in [9.17, 15) is 0 Å². The summed E-state index contributed by atoms with van der Waals surface area (Å²) in [6, 6.07) is 10.2. The first-order valence-corrected chi connectivity index (χ1v) is 9.86. The topological polar surface area (TPSA) is 0 Å². The number of benzene rings is 1. The van der Waals surface area contributed by atoms with Gasteiger partial charge in [0.2, 0.25) is 0 Å². The second kappa shape index (κ2) is 5.03. The Labute approximate surface area is 93.1 Å². The minimum atomic E-state index is -0.843. The van der Waals surface area contributed by atoms with E-state index in [2.05, 4.69) is 50.8 Å². The minimum absolute atomic E-state index is 0.843. The fourth-order valence-electron chi connectivity index (χ4n) is 1.11. The van der Waals surface area contributed by atoms with E-state index in [-0.39, 0.29) is 0 Å². The van der Waals surface area contributed by atoms with E-state index in [0.717, 1.165) is 0 Å². The minimum Gasteiger partial charge on any atom is -0.126 e. The summed E-state index contributed by atoms with van der Waals surface area (Å²) in [4.78, 5) is 1.41. The Morgan fingerprint density at radius 1 is 1.07 bits per heavy atom. The lowest BCUT2D eigenvalue weighted by Gasteiger charge is -2.14. The van der Waals surface area contributed by atoms with Crippen LogP contribution in [0, 0.1) is 6.92 Å². The summed E-state index contributed by atoms with van der Waals surface area (Å²) in [6.45, 7) is 9.44. The second-order valence-corrected chi connectivity index (χ2v) is 11.8. The van der Waals surface area contributed by atoms with Gasteiger partial charge < -0.3 is 0 Å². The molecule has 0 nitrogen and oxygen atoms in total. The summed E-state index contributed by atoms with van der Waals surface area (Å²) >= 11 is 1.99. The predicted molar refractivity (Wildman–Crippen MR) is 70.1 cm³/mol. The summed E-state index contributed by atoms with van der Waals surface area (Å²) in [5, 5.41) is 0. The molecule has 0 fully saturated rings. The molecule has 0 aliphatic carbocycles. The Hall–Kier alpha value is -0.213. The third-order valence-corrected chi connectivity index (χ3v) is 5.27. The van der Waals surface area contributed by atoms with Gasteiger partial charge in [-0.25, -0.2) is 0 Å². The van der Waals surface area contributed by atoms with Crippen LogP contribution in [0.2, 0.25) is 25.7 Å². The van der Waals surface area contributed by atoms with Gasteiger partial charge in [0.25, 0.3) is 0 Å². The fraction of sp³-hybridized carbons (Fsp3) is 0.500. The van der Waals surface area contributed by atoms with Crippen molar-refractivity contribution in [3.8, 4) is 0 Å². The van der Waals surface area contributed by atoms with Crippen LogP contribution in [-0.4, -0.2) is 13.8 Å². The number of thioether (sulfide) groups is 1. The zero-order valence-corrected chi connectivity index (χ0v) is 11.4. The molecule has 0 spiro atoms. The average Bonchev–Trinajstić information content (AvgIpc) is 2.06. The third-order valence-electron chi connectivity index (χ3n) is 2.14. The van der Waals surface area contributed by atoms with E-state index in [0.29, 0.717) is 0 Å². The molecule has 0 bridgehead atoms. The van der Waals surface area contributed by atoms with Crippen molar-refractivity contribution < 1.29 is 0 Å². The van der Waals surface area contributed by atoms with Crippen LogP contribution in [0.25, 0.3) is 0 Å². The summed E-state index contributed by atoms with van der Waals surface area (Å²) < 4.78 is 0. The van der Waals surface area contributed by atoms with Crippen LogP contribution in [0.5, 0.6) is 0 Å². The molecule has 78 valence electrons. The maximum absolute atomic E-state index is 2.43. The third kappa shape index (κ3) is 4.87. The molecular weight excluding hydrogens is 204 g/mol. The number of hydrogen-bond donors (Lipinski definition) is 0. The van der Waals surface area contributed by atoms with Gasteiger partial charge in [0.05, 0.1) is 0 Å². The molecule has 0 heterocycles. The monoisotopic (exact) mass is 224 g/mol. The Morgan fingerprint density at radius 3 is 2.14 bits per heavy atom. The standard InChI is InChI=1S/C12H20SSi/c1-11-5-7-12(8-6-11)13-9-10-14(2,3)4/h5-8H,9-10H2,1-4H3. The van der Waals surface area contributed by atoms with E-state index < -0.39 is 8.07 Å². The molecule has 0 saturated heterocycles. The highest BCUT2D eigenvalue weighted by Gasteiger charge is 2.11. The maximum Gasteiger partial charge on any atom is 0.0450 e. The molecule has 0 aliphatic rings. The van der Waals surface area contributed by atoms with Crippen LogP contribution in [0.1, 0.15) is 5.56 Å². The van der Waals surface area contributed by atoms with Gasteiger partial charge in [-0.3, -0.25) is 0 Å². The molecule has 0 amide bonds. The van der Waals surface area contributed by atoms with Gasteiger partial charge in [-0.2, -0.15) is 0 Å². The largest absolute Gasteiger partial charge is 0.126 e. The molecule has 0 aromatic heterocycles. The second-order valence-electron chi connectivity index (χ2n) is 4.97. The van der Waals surface area contributed by atoms with Crippen molar-refractivity contribution >= 4 is 19.8 Å². The zero-order chi connectivity index (χ0) is 10.6. The first kappa shape index (κ1) is 11.9. The van der Waals surface area contributed by atoms with Gasteiger partial charge in [0.1, 0.15) is 0 Å². The lowest BCUT2D eigenvalue weighted by Crippen LogP contribution is -2.19. The van der Waals surface area contributed by atoms with Gasteiger partial charge >= 0.3 is 0 Å². The highest BCUT2D eigenvalue weighted by atomic mass is 32.2. The fourth-order valence-corrected chi connectivity index (χ4v) is 4.53. The summed E-state index contributed by atoms with van der Waals surface area (Å²) in [6.07, 6.45) is 0. The van der Waals surface area contributed by atoms with Crippen molar-refractivity contribution in [3.63, 3.8) is 0 Å². The predicted octanol–water partition coefficient (Wildman–Crippen LogP) is 4.43. The maximum atomic E-state index is 2.43. The summed E-state index contributed by atoms with van der Waals surface area (Å²) in [5.74, 6) is 1.28. The molecule has 0 radical (unpaired) electrons. The Kier molecular flexibility index (Phi) is 4.26. The molecule has 0 aliphatic heterocycles. The van der Waals surface area contributed by atoms with E-state index >= 15 is 0 Å². The highest BCUT2D eigenvalue weighted by molar-refractivity contribution is 7.99. The highest BCUT2D eigenvalue weighted by Crippen LogP contribution is 2.22. The first-order valence-electron chi connectivity index (χ1n) is 5.17. The molecule has 0 saturated carbocycles. The summed E-state index contributed by atoms with van der Waals surface area (Å²) in [7, 11) is -0.843. The van der Waals surface area contributed by atoms with E-state index in [1.165, 1.54) is 22.3 Å². The van der Waals surface area contributed by atoms with Crippen molar-refractivity contribution in [3.05, 3.63) is 29.8 Å². The Balaban J connectivity index is 2.35. The molecule has 1 rings (SSSR count).